The molecule has 0 radical (unpaired) electrons. The lowest BCUT2D eigenvalue weighted by Gasteiger charge is -2.26. The van der Waals surface area contributed by atoms with Crippen LogP contribution in [0, 0.1) is 0 Å². The zero-order chi connectivity index (χ0) is 21.9. The second-order valence-corrected chi connectivity index (χ2v) is 8.07. The van der Waals surface area contributed by atoms with Gasteiger partial charge in [-0.3, -0.25) is 0 Å². The standard InChI is InChI=1S/C24H27N5O3/c1-30-19-12-18(13-20(15-19)31-2)24-26-23(27-32-24)17-6-7-22-21(14-17)25-16-29(22)11-10-28-8-4-3-5-9-28/h6-7,12-16H,3-5,8-11H2,1-2H3. The Bertz CT molecular complexity index is 1190. The number of piperidine rings is 1. The molecular weight excluding hydrogens is 406 g/mol. The van der Waals surface area contributed by atoms with E-state index in [0.29, 0.717) is 23.2 Å². The summed E-state index contributed by atoms with van der Waals surface area (Å²) in [7, 11) is 3.22. The molecule has 3 heterocycles. The van der Waals surface area contributed by atoms with Gasteiger partial charge < -0.3 is 23.5 Å². The first-order valence-electron chi connectivity index (χ1n) is 11.0. The topological polar surface area (TPSA) is 78.4 Å². The minimum absolute atomic E-state index is 0.407. The predicted octanol–water partition coefficient (Wildman–Crippen LogP) is 4.26. The summed E-state index contributed by atoms with van der Waals surface area (Å²) in [5.41, 5.74) is 3.65. The molecular formula is C24H27N5O3. The van der Waals surface area contributed by atoms with Crippen molar-refractivity contribution < 1.29 is 14.0 Å². The number of hydrogen-bond acceptors (Lipinski definition) is 7. The van der Waals surface area contributed by atoms with Crippen LogP contribution in [-0.2, 0) is 6.54 Å². The molecule has 0 atom stereocenters. The van der Waals surface area contributed by atoms with Crippen molar-refractivity contribution in [2.45, 2.75) is 25.8 Å². The Labute approximate surface area is 186 Å². The molecule has 8 nitrogen and oxygen atoms in total. The summed E-state index contributed by atoms with van der Waals surface area (Å²) in [6.45, 7) is 4.41. The number of imidazole rings is 1. The van der Waals surface area contributed by atoms with Crippen LogP contribution in [-0.4, -0.2) is 58.4 Å². The first kappa shape index (κ1) is 20.5. The van der Waals surface area contributed by atoms with Gasteiger partial charge in [0, 0.05) is 30.3 Å². The number of ether oxygens (including phenoxy) is 2. The van der Waals surface area contributed by atoms with Gasteiger partial charge in [-0.1, -0.05) is 11.6 Å². The quantitative estimate of drug-likeness (QED) is 0.431. The predicted molar refractivity (Wildman–Crippen MR) is 122 cm³/mol. The summed E-state index contributed by atoms with van der Waals surface area (Å²) < 4.78 is 18.4. The zero-order valence-corrected chi connectivity index (χ0v) is 18.5. The van der Waals surface area contributed by atoms with Crippen LogP contribution in [0.1, 0.15) is 19.3 Å². The van der Waals surface area contributed by atoms with Crippen LogP contribution < -0.4 is 9.47 Å². The molecule has 166 valence electrons. The third kappa shape index (κ3) is 4.18. The summed E-state index contributed by atoms with van der Waals surface area (Å²) in [6.07, 6.45) is 5.89. The summed E-state index contributed by atoms with van der Waals surface area (Å²) >= 11 is 0. The summed E-state index contributed by atoms with van der Waals surface area (Å²) in [5, 5.41) is 4.18. The molecule has 8 heteroatoms. The zero-order valence-electron chi connectivity index (χ0n) is 18.5. The van der Waals surface area contributed by atoms with E-state index in [0.717, 1.165) is 35.2 Å². The van der Waals surface area contributed by atoms with E-state index in [1.165, 1.54) is 32.4 Å². The van der Waals surface area contributed by atoms with Crippen LogP contribution in [0.4, 0.5) is 0 Å². The molecule has 0 amide bonds. The first-order chi connectivity index (χ1) is 15.7. The first-order valence-corrected chi connectivity index (χ1v) is 11.0. The van der Waals surface area contributed by atoms with Crippen molar-refractivity contribution in [2.75, 3.05) is 33.9 Å². The second kappa shape index (κ2) is 9.00. The number of rotatable bonds is 7. The highest BCUT2D eigenvalue weighted by Gasteiger charge is 2.15. The largest absolute Gasteiger partial charge is 0.497 e. The molecule has 5 rings (SSSR count). The molecule has 0 saturated carbocycles. The molecule has 1 aliphatic rings. The summed E-state index contributed by atoms with van der Waals surface area (Å²) in [5.74, 6) is 2.25. The van der Waals surface area contributed by atoms with Gasteiger partial charge in [-0.25, -0.2) is 4.98 Å². The maximum atomic E-state index is 5.52. The minimum Gasteiger partial charge on any atom is -0.497 e. The van der Waals surface area contributed by atoms with Gasteiger partial charge >= 0.3 is 0 Å². The fraction of sp³-hybridized carbons (Fsp3) is 0.375. The third-order valence-electron chi connectivity index (χ3n) is 6.01. The van der Waals surface area contributed by atoms with E-state index in [1.807, 2.05) is 30.6 Å². The van der Waals surface area contributed by atoms with E-state index in [2.05, 4.69) is 30.7 Å². The minimum atomic E-state index is 0.407. The molecule has 32 heavy (non-hydrogen) atoms. The van der Waals surface area contributed by atoms with Gasteiger partial charge in [0.25, 0.3) is 5.89 Å². The van der Waals surface area contributed by atoms with Crippen molar-refractivity contribution >= 4 is 11.0 Å². The molecule has 0 bridgehead atoms. The van der Waals surface area contributed by atoms with Crippen LogP contribution >= 0.6 is 0 Å². The number of likely N-dealkylation sites (tertiary alicyclic amines) is 1. The average Bonchev–Trinajstić information content (AvgIpc) is 3.50. The summed E-state index contributed by atoms with van der Waals surface area (Å²) in [4.78, 5) is 11.7. The third-order valence-corrected chi connectivity index (χ3v) is 6.01. The number of aromatic nitrogens is 4. The van der Waals surface area contributed by atoms with Crippen molar-refractivity contribution in [3.63, 3.8) is 0 Å². The van der Waals surface area contributed by atoms with E-state index >= 15 is 0 Å². The Kier molecular flexibility index (Phi) is 5.77. The van der Waals surface area contributed by atoms with Crippen LogP contribution in [0.5, 0.6) is 11.5 Å². The average molecular weight is 434 g/mol. The van der Waals surface area contributed by atoms with Crippen molar-refractivity contribution in [1.82, 2.24) is 24.6 Å². The molecule has 1 aliphatic heterocycles. The maximum Gasteiger partial charge on any atom is 0.258 e. The summed E-state index contributed by atoms with van der Waals surface area (Å²) in [6, 6.07) is 11.6. The van der Waals surface area contributed by atoms with E-state index in [4.69, 9.17) is 14.0 Å². The van der Waals surface area contributed by atoms with Crippen LogP contribution in [0.25, 0.3) is 33.9 Å². The van der Waals surface area contributed by atoms with Gasteiger partial charge in [-0.05, 0) is 56.3 Å². The molecule has 0 spiro atoms. The fourth-order valence-electron chi connectivity index (χ4n) is 4.20. The molecule has 0 N–H and O–H groups in total. The number of hydrogen-bond donors (Lipinski definition) is 0. The maximum absolute atomic E-state index is 5.52. The molecule has 0 aliphatic carbocycles. The van der Waals surface area contributed by atoms with Gasteiger partial charge in [-0.15, -0.1) is 0 Å². The Morgan fingerprint density at radius 3 is 2.44 bits per heavy atom. The number of fused-ring (bicyclic) bond motifs is 1. The second-order valence-electron chi connectivity index (χ2n) is 8.07. The molecule has 1 saturated heterocycles. The Balaban J connectivity index is 1.36. The van der Waals surface area contributed by atoms with Crippen molar-refractivity contribution in [1.29, 1.82) is 0 Å². The normalized spacial score (nSPS) is 14.7. The number of nitrogens with zero attached hydrogens (tertiary/aromatic N) is 5. The van der Waals surface area contributed by atoms with Gasteiger partial charge in [-0.2, -0.15) is 4.98 Å². The number of benzene rings is 2. The van der Waals surface area contributed by atoms with Gasteiger partial charge in [0.15, 0.2) is 0 Å². The molecule has 4 aromatic rings. The molecule has 1 fully saturated rings. The lowest BCUT2D eigenvalue weighted by Crippen LogP contribution is -2.32. The van der Waals surface area contributed by atoms with Gasteiger partial charge in [0.1, 0.15) is 11.5 Å². The Morgan fingerprint density at radius 2 is 1.69 bits per heavy atom. The van der Waals surface area contributed by atoms with Crippen LogP contribution in [0.2, 0.25) is 0 Å². The van der Waals surface area contributed by atoms with Crippen molar-refractivity contribution in [3.8, 4) is 34.3 Å². The highest BCUT2D eigenvalue weighted by Crippen LogP contribution is 2.30. The highest BCUT2D eigenvalue weighted by atomic mass is 16.5. The number of methoxy groups -OCH3 is 2. The smallest absolute Gasteiger partial charge is 0.258 e. The van der Waals surface area contributed by atoms with E-state index in [9.17, 15) is 0 Å². The van der Waals surface area contributed by atoms with Crippen molar-refractivity contribution in [3.05, 3.63) is 42.7 Å². The Hall–Kier alpha value is -3.39. The molecule has 2 aromatic heterocycles. The SMILES string of the molecule is COc1cc(OC)cc(-c2nc(-c3ccc4c(c3)ncn4CCN3CCCCC3)no2)c1. The fourth-order valence-corrected chi connectivity index (χ4v) is 4.20. The van der Waals surface area contributed by atoms with Gasteiger partial charge in [0.05, 0.1) is 31.6 Å². The molecule has 2 aromatic carbocycles. The van der Waals surface area contributed by atoms with Gasteiger partial charge in [0.2, 0.25) is 5.82 Å². The highest BCUT2D eigenvalue weighted by molar-refractivity contribution is 5.80. The van der Waals surface area contributed by atoms with E-state index < -0.39 is 0 Å². The molecule has 0 unspecified atom stereocenters. The van der Waals surface area contributed by atoms with Crippen LogP contribution in [0.15, 0.2) is 47.2 Å². The lowest BCUT2D eigenvalue weighted by molar-refractivity contribution is 0.221. The lowest BCUT2D eigenvalue weighted by atomic mass is 10.1. The monoisotopic (exact) mass is 433 g/mol. The van der Waals surface area contributed by atoms with Crippen molar-refractivity contribution in [2.24, 2.45) is 0 Å². The van der Waals surface area contributed by atoms with E-state index in [1.54, 1.807) is 20.3 Å². The van der Waals surface area contributed by atoms with Crippen LogP contribution in [0.3, 0.4) is 0 Å². The Morgan fingerprint density at radius 1 is 0.906 bits per heavy atom. The van der Waals surface area contributed by atoms with E-state index in [-0.39, 0.29) is 0 Å².